The molecule has 34 heavy (non-hydrogen) atoms. The van der Waals surface area contributed by atoms with Crippen LogP contribution in [0.5, 0.6) is 0 Å². The first kappa shape index (κ1) is 22.1. The number of hydrogen-bond donors (Lipinski definition) is 1. The van der Waals surface area contributed by atoms with Gasteiger partial charge >= 0.3 is 5.69 Å². The van der Waals surface area contributed by atoms with Gasteiger partial charge in [0.05, 0.1) is 17.4 Å². The Labute approximate surface area is 202 Å². The molecule has 5 rings (SSSR count). The van der Waals surface area contributed by atoms with Gasteiger partial charge in [0, 0.05) is 52.4 Å². The topological polar surface area (TPSA) is 86.0 Å². The van der Waals surface area contributed by atoms with E-state index in [4.69, 9.17) is 11.6 Å². The van der Waals surface area contributed by atoms with E-state index >= 15 is 0 Å². The molecule has 0 unspecified atom stereocenters. The van der Waals surface area contributed by atoms with Crippen LogP contribution >= 0.6 is 22.9 Å². The first-order valence-corrected chi connectivity index (χ1v) is 11.8. The van der Waals surface area contributed by atoms with Crippen molar-refractivity contribution in [2.24, 2.45) is 0 Å². The second-order valence-corrected chi connectivity index (χ2v) is 9.20. The van der Waals surface area contributed by atoms with Crippen LogP contribution in [0.25, 0.3) is 37.1 Å². The highest BCUT2D eigenvalue weighted by Gasteiger charge is 2.20. The second kappa shape index (κ2) is 8.89. The molecule has 0 saturated carbocycles. The number of rotatable bonds is 5. The van der Waals surface area contributed by atoms with Crippen LogP contribution in [-0.4, -0.2) is 26.6 Å². The maximum atomic E-state index is 13.7. The lowest BCUT2D eigenvalue weighted by Gasteiger charge is -2.13. The number of benzene rings is 2. The smallest absolute Gasteiger partial charge is 0.336 e. The molecule has 0 saturated heterocycles. The summed E-state index contributed by atoms with van der Waals surface area (Å²) >= 11 is 7.69. The van der Waals surface area contributed by atoms with E-state index in [1.165, 1.54) is 29.0 Å². The van der Waals surface area contributed by atoms with Gasteiger partial charge in [0.15, 0.2) is 0 Å². The van der Waals surface area contributed by atoms with E-state index in [1.54, 1.807) is 12.3 Å². The summed E-state index contributed by atoms with van der Waals surface area (Å²) in [7, 11) is 0. The number of pyridine rings is 1. The molecule has 9 heteroatoms. The van der Waals surface area contributed by atoms with Crippen molar-refractivity contribution in [2.45, 2.75) is 13.5 Å². The molecule has 3 aromatic heterocycles. The minimum absolute atomic E-state index is 0.196. The predicted octanol–water partition coefficient (Wildman–Crippen LogP) is 4.22. The Morgan fingerprint density at radius 1 is 1.09 bits per heavy atom. The van der Waals surface area contributed by atoms with E-state index in [2.05, 4.69) is 10.3 Å². The zero-order valence-corrected chi connectivity index (χ0v) is 19.7. The Bertz CT molecular complexity index is 1680. The lowest BCUT2D eigenvalue weighted by atomic mass is 10.1. The molecule has 3 heterocycles. The molecule has 0 radical (unpaired) electrons. The Balaban J connectivity index is 1.81. The summed E-state index contributed by atoms with van der Waals surface area (Å²) in [6, 6.07) is 16.6. The van der Waals surface area contributed by atoms with E-state index in [0.29, 0.717) is 20.9 Å². The number of fused-ring (bicyclic) bond motifs is 2. The van der Waals surface area contributed by atoms with Crippen molar-refractivity contribution >= 4 is 49.8 Å². The van der Waals surface area contributed by atoms with E-state index in [9.17, 15) is 14.4 Å². The highest BCUT2D eigenvalue weighted by Crippen LogP contribution is 2.35. The van der Waals surface area contributed by atoms with Crippen LogP contribution in [0.3, 0.4) is 0 Å². The number of nitrogens with one attached hydrogen (secondary N) is 1. The number of carbonyl (C=O) groups is 1. The van der Waals surface area contributed by atoms with Crippen LogP contribution in [0, 0.1) is 0 Å². The first-order valence-electron chi connectivity index (χ1n) is 10.6. The number of thiophene rings is 1. The van der Waals surface area contributed by atoms with Crippen LogP contribution in [0.4, 0.5) is 0 Å². The van der Waals surface area contributed by atoms with Gasteiger partial charge in [-0.3, -0.25) is 19.1 Å². The molecule has 1 amide bonds. The van der Waals surface area contributed by atoms with Gasteiger partial charge in [-0.25, -0.2) is 9.36 Å². The minimum atomic E-state index is -0.496. The summed E-state index contributed by atoms with van der Waals surface area (Å²) in [6.45, 7) is 1.86. The number of hydrogen-bond acceptors (Lipinski definition) is 5. The number of halogens is 1. The number of nitrogens with zero attached hydrogens (tertiary/aromatic N) is 3. The average molecular weight is 491 g/mol. The van der Waals surface area contributed by atoms with Crippen molar-refractivity contribution in [3.63, 3.8) is 0 Å². The largest absolute Gasteiger partial charge is 0.355 e. The third-order valence-electron chi connectivity index (χ3n) is 5.56. The van der Waals surface area contributed by atoms with Gasteiger partial charge in [0.25, 0.3) is 5.56 Å². The molecular formula is C25H19ClN4O3S. The van der Waals surface area contributed by atoms with Crippen molar-refractivity contribution in [3.05, 3.63) is 92.9 Å². The lowest BCUT2D eigenvalue weighted by molar-refractivity contribution is -0.118. The summed E-state index contributed by atoms with van der Waals surface area (Å²) in [4.78, 5) is 43.8. The van der Waals surface area contributed by atoms with Gasteiger partial charge in [-0.15, -0.1) is 11.3 Å². The van der Waals surface area contributed by atoms with Crippen LogP contribution < -0.4 is 16.6 Å². The monoisotopic (exact) mass is 490 g/mol. The van der Waals surface area contributed by atoms with E-state index in [-0.39, 0.29) is 19.0 Å². The highest BCUT2D eigenvalue weighted by molar-refractivity contribution is 7.22. The van der Waals surface area contributed by atoms with Crippen molar-refractivity contribution in [1.82, 2.24) is 19.4 Å². The van der Waals surface area contributed by atoms with Crippen LogP contribution in [0.1, 0.15) is 6.92 Å². The molecular weight excluding hydrogens is 472 g/mol. The third kappa shape index (κ3) is 3.81. The Morgan fingerprint density at radius 2 is 1.85 bits per heavy atom. The summed E-state index contributed by atoms with van der Waals surface area (Å²) in [5, 5.41) is 4.84. The summed E-state index contributed by atoms with van der Waals surface area (Å²) in [6.07, 6.45) is 3.22. The van der Waals surface area contributed by atoms with Gasteiger partial charge in [-0.1, -0.05) is 54.1 Å². The average Bonchev–Trinajstić information content (AvgIpc) is 3.27. The molecule has 0 aliphatic carbocycles. The molecule has 0 spiro atoms. The number of carbonyl (C=O) groups excluding carboxylic acids is 1. The molecule has 0 aliphatic rings. The molecule has 0 fully saturated rings. The maximum absolute atomic E-state index is 13.7. The van der Waals surface area contributed by atoms with Crippen molar-refractivity contribution in [2.75, 3.05) is 6.54 Å². The fourth-order valence-electron chi connectivity index (χ4n) is 3.99. The minimum Gasteiger partial charge on any atom is -0.355 e. The molecule has 5 aromatic rings. The molecule has 1 N–H and O–H groups in total. The molecule has 170 valence electrons. The molecule has 0 atom stereocenters. The Hall–Kier alpha value is -3.75. The molecule has 2 aromatic carbocycles. The van der Waals surface area contributed by atoms with Gasteiger partial charge in [0.1, 0.15) is 4.70 Å². The summed E-state index contributed by atoms with van der Waals surface area (Å²) in [5.74, 6) is -0.196. The fourth-order valence-corrected chi connectivity index (χ4v) is 5.42. The van der Waals surface area contributed by atoms with Gasteiger partial charge in [-0.05, 0) is 12.1 Å². The SMILES string of the molecule is CC(=O)NCCn1c(=O)n(-c2cncc3ccccc23)c(=O)c2sc(-c3ccccc3Cl)cc21. The van der Waals surface area contributed by atoms with Crippen molar-refractivity contribution < 1.29 is 4.79 Å². The summed E-state index contributed by atoms with van der Waals surface area (Å²) < 4.78 is 3.11. The lowest BCUT2D eigenvalue weighted by Crippen LogP contribution is -2.40. The van der Waals surface area contributed by atoms with E-state index in [0.717, 1.165) is 25.8 Å². The highest BCUT2D eigenvalue weighted by atomic mass is 35.5. The second-order valence-electron chi connectivity index (χ2n) is 7.74. The molecule has 0 aliphatic heterocycles. The van der Waals surface area contributed by atoms with Gasteiger partial charge in [0.2, 0.25) is 5.91 Å². The zero-order chi connectivity index (χ0) is 23.8. The number of amides is 1. The van der Waals surface area contributed by atoms with Crippen molar-refractivity contribution in [3.8, 4) is 16.1 Å². The third-order valence-corrected chi connectivity index (χ3v) is 7.03. The van der Waals surface area contributed by atoms with E-state index in [1.807, 2.05) is 48.5 Å². The first-order chi connectivity index (χ1) is 16.5. The van der Waals surface area contributed by atoms with Gasteiger partial charge in [-0.2, -0.15) is 0 Å². The molecule has 7 nitrogen and oxygen atoms in total. The number of aromatic nitrogens is 3. The van der Waals surface area contributed by atoms with Crippen LogP contribution in [-0.2, 0) is 11.3 Å². The predicted molar refractivity (Wildman–Crippen MR) is 136 cm³/mol. The van der Waals surface area contributed by atoms with Gasteiger partial charge < -0.3 is 5.32 Å². The standard InChI is InChI=1S/C25H19ClN4O3S/c1-15(31)28-10-11-29-20-12-22(18-8-4-5-9-19(18)26)34-23(20)24(32)30(25(29)33)21-14-27-13-16-6-2-3-7-17(16)21/h2-9,12-14H,10-11H2,1H3,(H,28,31). The quantitative estimate of drug-likeness (QED) is 0.399. The summed E-state index contributed by atoms with van der Waals surface area (Å²) in [5.41, 5.74) is 0.784. The molecule has 0 bridgehead atoms. The van der Waals surface area contributed by atoms with E-state index < -0.39 is 11.2 Å². The van der Waals surface area contributed by atoms with Crippen LogP contribution in [0.15, 0.2) is 76.6 Å². The maximum Gasteiger partial charge on any atom is 0.336 e. The zero-order valence-electron chi connectivity index (χ0n) is 18.1. The fraction of sp³-hybridized carbons (Fsp3) is 0.120. The van der Waals surface area contributed by atoms with Crippen molar-refractivity contribution in [1.29, 1.82) is 0 Å². The normalized spacial score (nSPS) is 11.2. The Kier molecular flexibility index (Phi) is 5.77. The Morgan fingerprint density at radius 3 is 2.65 bits per heavy atom. The van der Waals surface area contributed by atoms with Crippen LogP contribution in [0.2, 0.25) is 5.02 Å².